The summed E-state index contributed by atoms with van der Waals surface area (Å²) in [7, 11) is 4.09. The number of anilines is 1. The van der Waals surface area contributed by atoms with Gasteiger partial charge in [0.2, 0.25) is 0 Å². The third-order valence-electron chi connectivity index (χ3n) is 2.51. The fourth-order valence-electron chi connectivity index (χ4n) is 1.44. The van der Waals surface area contributed by atoms with Crippen molar-refractivity contribution >= 4 is 21.6 Å². The van der Waals surface area contributed by atoms with E-state index in [2.05, 4.69) is 63.9 Å². The van der Waals surface area contributed by atoms with E-state index in [0.29, 0.717) is 6.04 Å². The fourth-order valence-corrected chi connectivity index (χ4v) is 1.60. The molecule has 1 rings (SSSR count). The van der Waals surface area contributed by atoms with Crippen molar-refractivity contribution in [1.82, 2.24) is 5.32 Å². The van der Waals surface area contributed by atoms with Crippen molar-refractivity contribution in [2.45, 2.75) is 13.0 Å². The molecule has 88 valence electrons. The van der Waals surface area contributed by atoms with Crippen LogP contribution in [0.1, 0.15) is 18.5 Å². The molecule has 0 aliphatic carbocycles. The molecule has 0 spiro atoms. The molecule has 0 bridgehead atoms. The molecule has 0 heterocycles. The molecule has 0 aliphatic heterocycles. The molecule has 0 fully saturated rings. The largest absolute Gasteiger partial charge is 0.378 e. The zero-order chi connectivity index (χ0) is 12.1. The van der Waals surface area contributed by atoms with Gasteiger partial charge in [0, 0.05) is 36.9 Å². The maximum atomic E-state index is 3.81. The lowest BCUT2D eigenvalue weighted by Gasteiger charge is -2.16. The average molecular weight is 283 g/mol. The Labute approximate surface area is 106 Å². The Morgan fingerprint density at radius 3 is 2.38 bits per heavy atom. The quantitative estimate of drug-likeness (QED) is 0.892. The Balaban J connectivity index is 2.62. The van der Waals surface area contributed by atoms with Crippen LogP contribution in [0.2, 0.25) is 0 Å². The number of halogens is 1. The molecule has 0 radical (unpaired) electrons. The van der Waals surface area contributed by atoms with E-state index >= 15 is 0 Å². The molecule has 1 aromatic rings. The van der Waals surface area contributed by atoms with Gasteiger partial charge >= 0.3 is 0 Å². The lowest BCUT2D eigenvalue weighted by molar-refractivity contribution is 0.616. The highest BCUT2D eigenvalue weighted by Gasteiger charge is 2.04. The van der Waals surface area contributed by atoms with Gasteiger partial charge in [0.15, 0.2) is 0 Å². The van der Waals surface area contributed by atoms with Crippen LogP contribution in [0, 0.1) is 0 Å². The highest BCUT2D eigenvalue weighted by Crippen LogP contribution is 2.17. The monoisotopic (exact) mass is 282 g/mol. The Bertz CT molecular complexity index is 343. The summed E-state index contributed by atoms with van der Waals surface area (Å²) in [6.45, 7) is 6.75. The molecular formula is C13H19BrN2. The van der Waals surface area contributed by atoms with Crippen molar-refractivity contribution < 1.29 is 0 Å². The minimum Gasteiger partial charge on any atom is -0.378 e. The molecule has 0 aliphatic rings. The van der Waals surface area contributed by atoms with Crippen LogP contribution in [0.5, 0.6) is 0 Å². The molecule has 0 amide bonds. The SMILES string of the molecule is C=C(Br)CNC(C)c1ccc(N(C)C)cc1. The summed E-state index contributed by atoms with van der Waals surface area (Å²) in [5, 5.41) is 3.39. The van der Waals surface area contributed by atoms with E-state index in [4.69, 9.17) is 0 Å². The summed E-state index contributed by atoms with van der Waals surface area (Å²) >= 11 is 3.34. The Hall–Kier alpha value is -0.800. The molecule has 1 aromatic carbocycles. The lowest BCUT2D eigenvalue weighted by atomic mass is 10.1. The van der Waals surface area contributed by atoms with Gasteiger partial charge in [0.05, 0.1) is 0 Å². The number of rotatable bonds is 5. The first-order valence-electron chi connectivity index (χ1n) is 5.34. The highest BCUT2D eigenvalue weighted by atomic mass is 79.9. The molecule has 0 saturated heterocycles. The second-order valence-electron chi connectivity index (χ2n) is 4.11. The molecule has 1 unspecified atom stereocenters. The molecule has 16 heavy (non-hydrogen) atoms. The van der Waals surface area contributed by atoms with Gasteiger partial charge in [0.25, 0.3) is 0 Å². The zero-order valence-corrected chi connectivity index (χ0v) is 11.7. The van der Waals surface area contributed by atoms with Crippen LogP contribution >= 0.6 is 15.9 Å². The summed E-state index contributed by atoms with van der Waals surface area (Å²) in [6.07, 6.45) is 0. The standard InChI is InChI=1S/C13H19BrN2/c1-10(14)9-15-11(2)12-5-7-13(8-6-12)16(3)4/h5-8,11,15H,1,9H2,2-4H3. The van der Waals surface area contributed by atoms with Crippen LogP contribution in [0.25, 0.3) is 0 Å². The van der Waals surface area contributed by atoms with Gasteiger partial charge in [-0.25, -0.2) is 0 Å². The van der Waals surface area contributed by atoms with Gasteiger partial charge in [-0.3, -0.25) is 0 Å². The van der Waals surface area contributed by atoms with E-state index < -0.39 is 0 Å². The second kappa shape index (κ2) is 6.06. The molecule has 1 atom stereocenters. The third kappa shape index (κ3) is 3.99. The summed E-state index contributed by atoms with van der Waals surface area (Å²) in [6, 6.07) is 8.92. The number of nitrogens with zero attached hydrogens (tertiary/aromatic N) is 1. The maximum Gasteiger partial charge on any atom is 0.0361 e. The predicted octanol–water partition coefficient (Wildman–Crippen LogP) is 3.31. The van der Waals surface area contributed by atoms with Gasteiger partial charge in [-0.15, -0.1) is 0 Å². The summed E-state index contributed by atoms with van der Waals surface area (Å²) in [5.74, 6) is 0. The van der Waals surface area contributed by atoms with E-state index in [1.54, 1.807) is 0 Å². The topological polar surface area (TPSA) is 15.3 Å². The van der Waals surface area contributed by atoms with Crippen molar-refractivity contribution in [3.05, 3.63) is 40.9 Å². The summed E-state index contributed by atoms with van der Waals surface area (Å²) < 4.78 is 0.976. The van der Waals surface area contributed by atoms with E-state index in [9.17, 15) is 0 Å². The predicted molar refractivity (Wildman–Crippen MR) is 75.3 cm³/mol. The maximum absolute atomic E-state index is 3.81. The van der Waals surface area contributed by atoms with Gasteiger partial charge in [-0.2, -0.15) is 0 Å². The molecule has 1 N–H and O–H groups in total. The summed E-state index contributed by atoms with van der Waals surface area (Å²) in [5.41, 5.74) is 2.51. The van der Waals surface area contributed by atoms with Crippen molar-refractivity contribution in [2.24, 2.45) is 0 Å². The minimum atomic E-state index is 0.338. The van der Waals surface area contributed by atoms with E-state index in [1.165, 1.54) is 11.3 Å². The van der Waals surface area contributed by atoms with E-state index in [1.807, 2.05) is 14.1 Å². The molecule has 3 heteroatoms. The second-order valence-corrected chi connectivity index (χ2v) is 5.23. The number of hydrogen-bond donors (Lipinski definition) is 1. The number of nitrogens with one attached hydrogen (secondary N) is 1. The van der Waals surface area contributed by atoms with Gasteiger partial charge in [-0.05, 0) is 24.6 Å². The van der Waals surface area contributed by atoms with Gasteiger partial charge in [0.1, 0.15) is 0 Å². The van der Waals surface area contributed by atoms with E-state index in [-0.39, 0.29) is 0 Å². The normalized spacial score (nSPS) is 12.2. The number of benzene rings is 1. The smallest absolute Gasteiger partial charge is 0.0361 e. The van der Waals surface area contributed by atoms with Crippen LogP contribution in [0.3, 0.4) is 0 Å². The first-order chi connectivity index (χ1) is 7.50. The molecular weight excluding hydrogens is 264 g/mol. The highest BCUT2D eigenvalue weighted by molar-refractivity contribution is 9.11. The van der Waals surface area contributed by atoms with Crippen LogP contribution < -0.4 is 10.2 Å². The first-order valence-corrected chi connectivity index (χ1v) is 6.14. The molecule has 0 saturated carbocycles. The fraction of sp³-hybridized carbons (Fsp3) is 0.385. The van der Waals surface area contributed by atoms with Gasteiger partial charge < -0.3 is 10.2 Å². The average Bonchev–Trinajstić information content (AvgIpc) is 2.26. The minimum absolute atomic E-state index is 0.338. The summed E-state index contributed by atoms with van der Waals surface area (Å²) in [4.78, 5) is 2.10. The van der Waals surface area contributed by atoms with Crippen molar-refractivity contribution in [1.29, 1.82) is 0 Å². The van der Waals surface area contributed by atoms with Crippen LogP contribution in [0.15, 0.2) is 35.3 Å². The third-order valence-corrected chi connectivity index (χ3v) is 2.79. The van der Waals surface area contributed by atoms with Gasteiger partial charge in [-0.1, -0.05) is 34.6 Å². The Kier molecular flexibility index (Phi) is 5.03. The zero-order valence-electron chi connectivity index (χ0n) is 10.1. The molecule has 0 aromatic heterocycles. The Morgan fingerprint density at radius 2 is 1.94 bits per heavy atom. The van der Waals surface area contributed by atoms with Crippen molar-refractivity contribution in [3.8, 4) is 0 Å². The van der Waals surface area contributed by atoms with E-state index in [0.717, 1.165) is 11.0 Å². The first kappa shape index (κ1) is 13.3. The Morgan fingerprint density at radius 1 is 1.38 bits per heavy atom. The van der Waals surface area contributed by atoms with Crippen LogP contribution in [-0.4, -0.2) is 20.6 Å². The van der Waals surface area contributed by atoms with Crippen molar-refractivity contribution in [3.63, 3.8) is 0 Å². The van der Waals surface area contributed by atoms with Crippen LogP contribution in [0.4, 0.5) is 5.69 Å². The molecule has 2 nitrogen and oxygen atoms in total. The van der Waals surface area contributed by atoms with Crippen molar-refractivity contribution in [2.75, 3.05) is 25.5 Å². The number of hydrogen-bond acceptors (Lipinski definition) is 2. The lowest BCUT2D eigenvalue weighted by Crippen LogP contribution is -2.19. The van der Waals surface area contributed by atoms with Crippen LogP contribution in [-0.2, 0) is 0 Å².